The van der Waals surface area contributed by atoms with Crippen molar-refractivity contribution in [2.24, 2.45) is 0 Å². The minimum Gasteiger partial charge on any atom is -0.388 e. The first-order chi connectivity index (χ1) is 11.8. The first-order valence-corrected chi connectivity index (χ1v) is 8.26. The average molecular weight is 318 g/mol. The van der Waals surface area contributed by atoms with E-state index in [-0.39, 0.29) is 6.10 Å². The number of hydrogen-bond donors (Lipinski definition) is 1. The third-order valence-electron chi connectivity index (χ3n) is 4.09. The molecule has 122 valence electrons. The Morgan fingerprint density at radius 2 is 1.17 bits per heavy atom. The van der Waals surface area contributed by atoms with E-state index in [1.165, 1.54) is 0 Å². The van der Waals surface area contributed by atoms with Crippen molar-refractivity contribution in [3.05, 3.63) is 108 Å². The maximum atomic E-state index is 10.6. The van der Waals surface area contributed by atoms with Gasteiger partial charge in [-0.15, -0.1) is 0 Å². The van der Waals surface area contributed by atoms with Crippen LogP contribution in [0.5, 0.6) is 0 Å². The van der Waals surface area contributed by atoms with Crippen LogP contribution in [0.2, 0.25) is 0 Å². The Morgan fingerprint density at radius 3 is 1.75 bits per heavy atom. The number of rotatable bonds is 7. The lowest BCUT2D eigenvalue weighted by atomic mass is 9.98. The van der Waals surface area contributed by atoms with Crippen molar-refractivity contribution in [3.8, 4) is 0 Å². The Morgan fingerprint density at radius 1 is 0.667 bits per heavy atom. The van der Waals surface area contributed by atoms with E-state index in [1.54, 1.807) is 0 Å². The number of benzene rings is 3. The third kappa shape index (κ3) is 4.54. The highest BCUT2D eigenvalue weighted by Gasteiger charge is 2.18. The number of aliphatic hydroxyl groups is 1. The van der Waals surface area contributed by atoms with Gasteiger partial charge in [0, 0.05) is 6.42 Å². The summed E-state index contributed by atoms with van der Waals surface area (Å²) < 4.78 is 6.15. The molecule has 0 aliphatic carbocycles. The predicted octanol–water partition coefficient (Wildman–Crippen LogP) is 5.07. The van der Waals surface area contributed by atoms with E-state index < -0.39 is 6.10 Å². The smallest absolute Gasteiger partial charge is 0.0857 e. The van der Waals surface area contributed by atoms with Gasteiger partial charge in [-0.1, -0.05) is 91.0 Å². The molecule has 0 amide bonds. The summed E-state index contributed by atoms with van der Waals surface area (Å²) in [6.07, 6.45) is -0.172. The van der Waals surface area contributed by atoms with Crippen molar-refractivity contribution >= 4 is 0 Å². The summed E-state index contributed by atoms with van der Waals surface area (Å²) in [5, 5.41) is 10.6. The molecule has 3 aromatic carbocycles. The van der Waals surface area contributed by atoms with Crippen LogP contribution in [0.25, 0.3) is 0 Å². The molecule has 0 heterocycles. The maximum absolute atomic E-state index is 10.6. The Bertz CT molecular complexity index is 711. The topological polar surface area (TPSA) is 29.5 Å². The lowest BCUT2D eigenvalue weighted by molar-refractivity contribution is 0.00177. The van der Waals surface area contributed by atoms with Gasteiger partial charge < -0.3 is 9.84 Å². The lowest BCUT2D eigenvalue weighted by Gasteiger charge is -2.22. The zero-order valence-electron chi connectivity index (χ0n) is 13.6. The number of aliphatic hydroxyl groups excluding tert-OH is 1. The van der Waals surface area contributed by atoms with E-state index in [0.717, 1.165) is 16.7 Å². The van der Waals surface area contributed by atoms with Crippen LogP contribution in [0.15, 0.2) is 91.0 Å². The van der Waals surface area contributed by atoms with Gasteiger partial charge in [0.05, 0.1) is 18.8 Å². The van der Waals surface area contributed by atoms with Crippen LogP contribution >= 0.6 is 0 Å². The van der Waals surface area contributed by atoms with E-state index in [0.29, 0.717) is 13.0 Å². The molecule has 3 rings (SSSR count). The van der Waals surface area contributed by atoms with Gasteiger partial charge in [0.15, 0.2) is 0 Å². The van der Waals surface area contributed by atoms with Gasteiger partial charge in [-0.3, -0.25) is 0 Å². The summed E-state index contributed by atoms with van der Waals surface area (Å²) in [5.74, 6) is 0. The fourth-order valence-corrected chi connectivity index (χ4v) is 2.75. The van der Waals surface area contributed by atoms with Crippen LogP contribution in [-0.2, 0) is 11.3 Å². The summed E-state index contributed by atoms with van der Waals surface area (Å²) in [6, 6.07) is 30.0. The molecule has 0 bridgehead atoms. The van der Waals surface area contributed by atoms with E-state index in [9.17, 15) is 5.11 Å². The summed E-state index contributed by atoms with van der Waals surface area (Å²) in [5.41, 5.74) is 3.14. The summed E-state index contributed by atoms with van der Waals surface area (Å²) in [6.45, 7) is 0.530. The third-order valence-corrected chi connectivity index (χ3v) is 4.09. The highest BCUT2D eigenvalue weighted by atomic mass is 16.5. The van der Waals surface area contributed by atoms with Crippen molar-refractivity contribution in [3.63, 3.8) is 0 Å². The highest BCUT2D eigenvalue weighted by Crippen LogP contribution is 2.30. The van der Waals surface area contributed by atoms with Crippen molar-refractivity contribution in [2.75, 3.05) is 0 Å². The molecule has 0 aliphatic rings. The standard InChI is InChI=1S/C22H22O2/c23-21(19-12-6-2-7-13-19)16-22(20-14-8-3-9-15-20)24-17-18-10-4-1-5-11-18/h1-15,21-23H,16-17H2/t21-,22+/m1/s1. The second kappa shape index (κ2) is 8.44. The first-order valence-electron chi connectivity index (χ1n) is 8.26. The van der Waals surface area contributed by atoms with Crippen LogP contribution in [0.1, 0.15) is 35.3 Å². The molecular formula is C22H22O2. The largest absolute Gasteiger partial charge is 0.388 e. The molecule has 2 heteroatoms. The van der Waals surface area contributed by atoms with Gasteiger partial charge in [0.1, 0.15) is 0 Å². The van der Waals surface area contributed by atoms with Crippen molar-refractivity contribution in [2.45, 2.75) is 25.2 Å². The normalized spacial score (nSPS) is 13.4. The predicted molar refractivity (Wildman–Crippen MR) is 96.4 cm³/mol. The Balaban J connectivity index is 1.72. The minimum atomic E-state index is -0.549. The Hall–Kier alpha value is -2.42. The number of ether oxygens (including phenoxy) is 1. The monoisotopic (exact) mass is 318 g/mol. The van der Waals surface area contributed by atoms with Crippen LogP contribution < -0.4 is 0 Å². The van der Waals surface area contributed by atoms with Gasteiger partial charge in [0.2, 0.25) is 0 Å². The van der Waals surface area contributed by atoms with E-state index >= 15 is 0 Å². The van der Waals surface area contributed by atoms with Crippen molar-refractivity contribution in [1.29, 1.82) is 0 Å². The van der Waals surface area contributed by atoms with Crippen LogP contribution in [0, 0.1) is 0 Å². The average Bonchev–Trinajstić information content (AvgIpc) is 2.67. The summed E-state index contributed by atoms with van der Waals surface area (Å²) >= 11 is 0. The van der Waals surface area contributed by atoms with Gasteiger partial charge in [-0.05, 0) is 16.7 Å². The molecule has 1 N–H and O–H groups in total. The zero-order valence-corrected chi connectivity index (χ0v) is 13.6. The molecule has 0 saturated carbocycles. The van der Waals surface area contributed by atoms with Crippen LogP contribution in [0.3, 0.4) is 0 Å². The summed E-state index contributed by atoms with van der Waals surface area (Å²) in [7, 11) is 0. The first kappa shape index (κ1) is 16.4. The molecule has 0 unspecified atom stereocenters. The second-order valence-electron chi connectivity index (χ2n) is 5.86. The molecule has 2 atom stereocenters. The SMILES string of the molecule is O[C@H](C[C@H](OCc1ccccc1)c1ccccc1)c1ccccc1. The molecule has 0 saturated heterocycles. The molecule has 0 spiro atoms. The molecule has 0 fully saturated rings. The van der Waals surface area contributed by atoms with E-state index in [2.05, 4.69) is 12.1 Å². The molecule has 0 radical (unpaired) electrons. The van der Waals surface area contributed by atoms with Crippen molar-refractivity contribution in [1.82, 2.24) is 0 Å². The van der Waals surface area contributed by atoms with Crippen LogP contribution in [-0.4, -0.2) is 5.11 Å². The zero-order chi connectivity index (χ0) is 16.6. The molecule has 24 heavy (non-hydrogen) atoms. The minimum absolute atomic E-state index is 0.151. The maximum Gasteiger partial charge on any atom is 0.0857 e. The highest BCUT2D eigenvalue weighted by molar-refractivity contribution is 5.21. The quantitative estimate of drug-likeness (QED) is 0.659. The van der Waals surface area contributed by atoms with E-state index in [1.807, 2.05) is 78.9 Å². The van der Waals surface area contributed by atoms with Gasteiger partial charge in [-0.25, -0.2) is 0 Å². The Labute approximate surface area is 143 Å². The van der Waals surface area contributed by atoms with Crippen molar-refractivity contribution < 1.29 is 9.84 Å². The number of hydrogen-bond acceptors (Lipinski definition) is 2. The molecule has 0 aromatic heterocycles. The fraction of sp³-hybridized carbons (Fsp3) is 0.182. The molecule has 2 nitrogen and oxygen atoms in total. The fourth-order valence-electron chi connectivity index (χ4n) is 2.75. The summed E-state index contributed by atoms with van der Waals surface area (Å²) in [4.78, 5) is 0. The van der Waals surface area contributed by atoms with Gasteiger partial charge in [-0.2, -0.15) is 0 Å². The van der Waals surface area contributed by atoms with E-state index in [4.69, 9.17) is 4.74 Å². The van der Waals surface area contributed by atoms with Gasteiger partial charge in [0.25, 0.3) is 0 Å². The second-order valence-corrected chi connectivity index (χ2v) is 5.86. The lowest BCUT2D eigenvalue weighted by Crippen LogP contribution is -2.10. The molecule has 3 aromatic rings. The Kier molecular flexibility index (Phi) is 5.78. The van der Waals surface area contributed by atoms with Gasteiger partial charge >= 0.3 is 0 Å². The van der Waals surface area contributed by atoms with Crippen LogP contribution in [0.4, 0.5) is 0 Å². The molecular weight excluding hydrogens is 296 g/mol. The molecule has 0 aliphatic heterocycles.